The number of aliphatic carboxylic acids is 1. The number of carboxylic acid groups (broad SMARTS) is 1. The Morgan fingerprint density at radius 2 is 2.05 bits per heavy atom. The first-order chi connectivity index (χ1) is 9.02. The van der Waals surface area contributed by atoms with Crippen LogP contribution >= 0.6 is 0 Å². The number of amides is 1. The number of nitrogens with one attached hydrogen (secondary N) is 1. The number of carboxylic acids is 1. The van der Waals surface area contributed by atoms with Crippen LogP contribution < -0.4 is 5.32 Å². The number of hydrogen-bond acceptors (Lipinski definition) is 3. The van der Waals surface area contributed by atoms with Crippen molar-refractivity contribution in [3.63, 3.8) is 0 Å². The number of hydrogen-bond donors (Lipinski definition) is 2. The fourth-order valence-corrected chi connectivity index (χ4v) is 2.29. The fourth-order valence-electron chi connectivity index (χ4n) is 2.29. The lowest BCUT2D eigenvalue weighted by Crippen LogP contribution is -2.57. The molecule has 108 valence electrons. The molecule has 1 saturated carbocycles. The Morgan fingerprint density at radius 3 is 2.58 bits per heavy atom. The van der Waals surface area contributed by atoms with Gasteiger partial charge in [0.15, 0.2) is 0 Å². The first kappa shape index (κ1) is 15.7. The molecule has 1 rings (SSSR count). The smallest absolute Gasteiger partial charge is 0.329 e. The first-order valence-corrected chi connectivity index (χ1v) is 6.80. The maximum Gasteiger partial charge on any atom is 0.329 e. The van der Waals surface area contributed by atoms with Crippen molar-refractivity contribution in [2.45, 2.75) is 57.1 Å². The minimum Gasteiger partial charge on any atom is -0.480 e. The third-order valence-corrected chi connectivity index (χ3v) is 3.54. The van der Waals surface area contributed by atoms with E-state index in [0.29, 0.717) is 25.9 Å². The van der Waals surface area contributed by atoms with E-state index >= 15 is 0 Å². The molecule has 19 heavy (non-hydrogen) atoms. The first-order valence-electron chi connectivity index (χ1n) is 6.80. The van der Waals surface area contributed by atoms with Crippen LogP contribution in [0, 0.1) is 0 Å². The Morgan fingerprint density at radius 1 is 1.42 bits per heavy atom. The summed E-state index contributed by atoms with van der Waals surface area (Å²) in [5.41, 5.74) is -1.11. The van der Waals surface area contributed by atoms with Gasteiger partial charge >= 0.3 is 5.97 Å². The molecule has 5 nitrogen and oxygen atoms in total. The average molecular weight is 269 g/mol. The van der Waals surface area contributed by atoms with E-state index in [0.717, 1.165) is 19.3 Å². The van der Waals surface area contributed by atoms with Crippen LogP contribution in [0.5, 0.6) is 0 Å². The molecule has 1 aliphatic carbocycles. The van der Waals surface area contributed by atoms with Crippen molar-refractivity contribution in [1.82, 2.24) is 5.32 Å². The lowest BCUT2D eigenvalue weighted by molar-refractivity contribution is -0.151. The van der Waals surface area contributed by atoms with Crippen LogP contribution in [0.4, 0.5) is 0 Å². The molecule has 0 aliphatic heterocycles. The normalized spacial score (nSPS) is 19.4. The quantitative estimate of drug-likeness (QED) is 0.546. The minimum absolute atomic E-state index is 0.353. The van der Waals surface area contributed by atoms with Crippen LogP contribution in [0.3, 0.4) is 0 Å². The molecule has 1 unspecified atom stereocenters. The molecule has 0 aromatic rings. The van der Waals surface area contributed by atoms with E-state index in [9.17, 15) is 14.7 Å². The fraction of sp³-hybridized carbons (Fsp3) is 0.714. The highest BCUT2D eigenvalue weighted by Crippen LogP contribution is 2.28. The average Bonchev–Trinajstić information content (AvgIpc) is 2.39. The predicted molar refractivity (Wildman–Crippen MR) is 71.8 cm³/mol. The van der Waals surface area contributed by atoms with Gasteiger partial charge in [-0.1, -0.05) is 25.3 Å². The second kappa shape index (κ2) is 7.28. The maximum absolute atomic E-state index is 12.0. The van der Waals surface area contributed by atoms with Gasteiger partial charge in [0, 0.05) is 0 Å². The molecule has 0 aromatic heterocycles. The monoisotopic (exact) mass is 269 g/mol. The lowest BCUT2D eigenvalue weighted by Gasteiger charge is -2.34. The van der Waals surface area contributed by atoms with E-state index in [1.54, 1.807) is 13.0 Å². The summed E-state index contributed by atoms with van der Waals surface area (Å²) in [5.74, 6) is -1.30. The van der Waals surface area contributed by atoms with Crippen molar-refractivity contribution in [1.29, 1.82) is 0 Å². The summed E-state index contributed by atoms with van der Waals surface area (Å²) in [7, 11) is 0. The van der Waals surface area contributed by atoms with Gasteiger partial charge in [-0.15, -0.1) is 6.58 Å². The molecule has 1 amide bonds. The lowest BCUT2D eigenvalue weighted by atomic mass is 9.81. The molecule has 1 atom stereocenters. The number of rotatable bonds is 7. The molecular weight excluding hydrogens is 246 g/mol. The van der Waals surface area contributed by atoms with Crippen molar-refractivity contribution in [3.8, 4) is 0 Å². The van der Waals surface area contributed by atoms with Crippen LogP contribution in [-0.4, -0.2) is 35.2 Å². The Hall–Kier alpha value is -1.36. The van der Waals surface area contributed by atoms with Crippen LogP contribution in [0.15, 0.2) is 12.7 Å². The molecule has 0 spiro atoms. The number of carbonyl (C=O) groups excluding carboxylic acids is 1. The summed E-state index contributed by atoms with van der Waals surface area (Å²) in [6.45, 7) is 5.62. The van der Waals surface area contributed by atoms with Gasteiger partial charge in [-0.05, 0) is 26.2 Å². The van der Waals surface area contributed by atoms with Crippen molar-refractivity contribution in [3.05, 3.63) is 12.7 Å². The summed E-state index contributed by atoms with van der Waals surface area (Å²) in [5, 5.41) is 12.0. The molecule has 0 aromatic carbocycles. The molecule has 1 fully saturated rings. The zero-order chi connectivity index (χ0) is 14.3. The van der Waals surface area contributed by atoms with Gasteiger partial charge in [-0.3, -0.25) is 4.79 Å². The van der Waals surface area contributed by atoms with Gasteiger partial charge in [0.25, 0.3) is 0 Å². The van der Waals surface area contributed by atoms with Crippen LogP contribution in [0.25, 0.3) is 0 Å². The third kappa shape index (κ3) is 4.35. The topological polar surface area (TPSA) is 75.6 Å². The number of carbonyl (C=O) groups is 2. The molecule has 5 heteroatoms. The molecule has 1 aliphatic rings. The molecule has 2 N–H and O–H groups in total. The van der Waals surface area contributed by atoms with Crippen molar-refractivity contribution in [2.75, 3.05) is 6.61 Å². The minimum atomic E-state index is -1.11. The van der Waals surface area contributed by atoms with E-state index in [-0.39, 0.29) is 5.91 Å². The standard InChI is InChI=1S/C14H23NO4/c1-3-4-10-19-11(2)12(16)15-14(13(17)18)8-6-5-7-9-14/h3,11H,1,4-10H2,2H3,(H,15,16)(H,17,18). The van der Waals surface area contributed by atoms with E-state index in [4.69, 9.17) is 4.74 Å². The van der Waals surface area contributed by atoms with Crippen molar-refractivity contribution >= 4 is 11.9 Å². The van der Waals surface area contributed by atoms with E-state index in [1.165, 1.54) is 0 Å². The van der Waals surface area contributed by atoms with E-state index in [1.807, 2.05) is 0 Å². The zero-order valence-corrected chi connectivity index (χ0v) is 11.5. The van der Waals surface area contributed by atoms with E-state index in [2.05, 4.69) is 11.9 Å². The van der Waals surface area contributed by atoms with Crippen molar-refractivity contribution < 1.29 is 19.4 Å². The third-order valence-electron chi connectivity index (χ3n) is 3.54. The molecule has 0 bridgehead atoms. The van der Waals surface area contributed by atoms with Crippen LogP contribution in [0.2, 0.25) is 0 Å². The van der Waals surface area contributed by atoms with Gasteiger partial charge in [-0.25, -0.2) is 4.79 Å². The summed E-state index contributed by atoms with van der Waals surface area (Å²) in [6, 6.07) is 0. The SMILES string of the molecule is C=CCCOC(C)C(=O)NC1(C(=O)O)CCCCC1. The number of ether oxygens (including phenoxy) is 1. The van der Waals surface area contributed by atoms with Gasteiger partial charge in [0.05, 0.1) is 6.61 Å². The Kier molecular flexibility index (Phi) is 6.02. The second-order valence-corrected chi connectivity index (χ2v) is 5.03. The largest absolute Gasteiger partial charge is 0.480 e. The molecular formula is C14H23NO4. The molecule has 0 radical (unpaired) electrons. The maximum atomic E-state index is 12.0. The summed E-state index contributed by atoms with van der Waals surface area (Å²) in [4.78, 5) is 23.4. The zero-order valence-electron chi connectivity index (χ0n) is 11.5. The van der Waals surface area contributed by atoms with Crippen LogP contribution in [0.1, 0.15) is 45.4 Å². The summed E-state index contributed by atoms with van der Waals surface area (Å²) in [6.07, 6.45) is 5.41. The Balaban J connectivity index is 2.56. The molecule has 0 heterocycles. The molecule has 0 saturated heterocycles. The van der Waals surface area contributed by atoms with E-state index < -0.39 is 17.6 Å². The van der Waals surface area contributed by atoms with Crippen molar-refractivity contribution in [2.24, 2.45) is 0 Å². The van der Waals surface area contributed by atoms with Gasteiger partial charge < -0.3 is 15.2 Å². The van der Waals surface area contributed by atoms with Gasteiger partial charge in [-0.2, -0.15) is 0 Å². The highest BCUT2D eigenvalue weighted by molar-refractivity contribution is 5.89. The highest BCUT2D eigenvalue weighted by atomic mass is 16.5. The highest BCUT2D eigenvalue weighted by Gasteiger charge is 2.41. The van der Waals surface area contributed by atoms with Crippen LogP contribution in [-0.2, 0) is 14.3 Å². The summed E-state index contributed by atoms with van der Waals surface area (Å²) < 4.78 is 5.33. The van der Waals surface area contributed by atoms with Gasteiger partial charge in [0.2, 0.25) is 5.91 Å². The predicted octanol–water partition coefficient (Wildman–Crippen LogP) is 1.87. The summed E-state index contributed by atoms with van der Waals surface area (Å²) >= 11 is 0. The Bertz CT molecular complexity index is 334. The van der Waals surface area contributed by atoms with Gasteiger partial charge in [0.1, 0.15) is 11.6 Å². The Labute approximate surface area is 114 Å². The second-order valence-electron chi connectivity index (χ2n) is 5.03.